The maximum atomic E-state index is 5.97. The lowest BCUT2D eigenvalue weighted by atomic mass is 9.64. The first-order valence-electron chi connectivity index (χ1n) is 7.70. The fourth-order valence-electron chi connectivity index (χ4n) is 3.36. The largest absolute Gasteiger partial charge is 0.488 e. The topological polar surface area (TPSA) is 30.5 Å². The monoisotopic (exact) mass is 275 g/mol. The van der Waals surface area contributed by atoms with E-state index in [2.05, 4.69) is 44.3 Å². The average Bonchev–Trinajstić information content (AvgIpc) is 2.84. The molecule has 1 aliphatic carbocycles. The standard InChI is InChI=1S/C17H25NO2/c1-4-19-16-10-15(17(16,2)3)18-11-13-9-12-7-5-6-8-14(12)20-13/h5-8,13,15-16,18H,4,9-11H2,1-3H3. The first-order chi connectivity index (χ1) is 9.61. The van der Waals surface area contributed by atoms with E-state index in [4.69, 9.17) is 9.47 Å². The number of para-hydroxylation sites is 1. The van der Waals surface area contributed by atoms with Crippen molar-refractivity contribution in [3.05, 3.63) is 29.8 Å². The van der Waals surface area contributed by atoms with Crippen molar-refractivity contribution in [1.82, 2.24) is 5.32 Å². The van der Waals surface area contributed by atoms with Crippen molar-refractivity contribution in [2.45, 2.75) is 51.9 Å². The Morgan fingerprint density at radius 3 is 2.85 bits per heavy atom. The summed E-state index contributed by atoms with van der Waals surface area (Å²) in [7, 11) is 0. The van der Waals surface area contributed by atoms with Crippen molar-refractivity contribution in [3.63, 3.8) is 0 Å². The zero-order valence-corrected chi connectivity index (χ0v) is 12.7. The highest BCUT2D eigenvalue weighted by Gasteiger charge is 2.48. The molecule has 0 bridgehead atoms. The van der Waals surface area contributed by atoms with E-state index in [1.165, 1.54) is 5.56 Å². The van der Waals surface area contributed by atoms with E-state index >= 15 is 0 Å². The van der Waals surface area contributed by atoms with Crippen LogP contribution in [0.1, 0.15) is 32.8 Å². The van der Waals surface area contributed by atoms with E-state index in [0.29, 0.717) is 12.1 Å². The van der Waals surface area contributed by atoms with Gasteiger partial charge in [0.15, 0.2) is 0 Å². The van der Waals surface area contributed by atoms with E-state index < -0.39 is 0 Å². The number of rotatable bonds is 5. The third-order valence-corrected chi connectivity index (χ3v) is 4.85. The molecule has 0 spiro atoms. The summed E-state index contributed by atoms with van der Waals surface area (Å²) in [4.78, 5) is 0. The Kier molecular flexibility index (Phi) is 3.74. The minimum absolute atomic E-state index is 0.224. The van der Waals surface area contributed by atoms with Gasteiger partial charge in [0.25, 0.3) is 0 Å². The molecule has 1 aromatic rings. The van der Waals surface area contributed by atoms with Gasteiger partial charge in [-0.25, -0.2) is 0 Å². The van der Waals surface area contributed by atoms with Gasteiger partial charge in [0.05, 0.1) is 6.10 Å². The van der Waals surface area contributed by atoms with Crippen LogP contribution >= 0.6 is 0 Å². The zero-order chi connectivity index (χ0) is 14.2. The molecule has 3 heteroatoms. The van der Waals surface area contributed by atoms with Crippen LogP contribution < -0.4 is 10.1 Å². The summed E-state index contributed by atoms with van der Waals surface area (Å²) in [6, 6.07) is 8.88. The maximum Gasteiger partial charge on any atom is 0.123 e. The van der Waals surface area contributed by atoms with E-state index in [1.54, 1.807) is 0 Å². The first kappa shape index (κ1) is 13.9. The Balaban J connectivity index is 1.48. The predicted molar refractivity (Wildman–Crippen MR) is 80.2 cm³/mol. The third-order valence-electron chi connectivity index (χ3n) is 4.85. The molecule has 0 aromatic heterocycles. The van der Waals surface area contributed by atoms with Gasteiger partial charge in [0, 0.05) is 31.0 Å². The molecule has 3 nitrogen and oxygen atoms in total. The first-order valence-corrected chi connectivity index (χ1v) is 7.70. The minimum atomic E-state index is 0.224. The quantitative estimate of drug-likeness (QED) is 0.896. The van der Waals surface area contributed by atoms with Crippen LogP contribution in [-0.4, -0.2) is 31.4 Å². The van der Waals surface area contributed by atoms with Crippen molar-refractivity contribution in [3.8, 4) is 5.75 Å². The normalized spacial score (nSPS) is 30.4. The second kappa shape index (κ2) is 5.38. The summed E-state index contributed by atoms with van der Waals surface area (Å²) in [6.45, 7) is 8.38. The second-order valence-corrected chi connectivity index (χ2v) is 6.51. The van der Waals surface area contributed by atoms with Crippen molar-refractivity contribution in [2.24, 2.45) is 5.41 Å². The Labute approximate surface area is 121 Å². The number of fused-ring (bicyclic) bond motifs is 1. The molecule has 1 aromatic carbocycles. The van der Waals surface area contributed by atoms with E-state index in [1.807, 2.05) is 6.07 Å². The lowest BCUT2D eigenvalue weighted by Crippen LogP contribution is -2.61. The fraction of sp³-hybridized carbons (Fsp3) is 0.647. The molecule has 110 valence electrons. The smallest absolute Gasteiger partial charge is 0.123 e. The highest BCUT2D eigenvalue weighted by molar-refractivity contribution is 5.37. The van der Waals surface area contributed by atoms with Crippen LogP contribution in [0.25, 0.3) is 0 Å². The molecular weight excluding hydrogens is 250 g/mol. The average molecular weight is 275 g/mol. The Morgan fingerprint density at radius 2 is 2.15 bits per heavy atom. The molecule has 1 fully saturated rings. The molecular formula is C17H25NO2. The van der Waals surface area contributed by atoms with E-state index in [0.717, 1.165) is 31.7 Å². The van der Waals surface area contributed by atoms with Crippen molar-refractivity contribution in [1.29, 1.82) is 0 Å². The van der Waals surface area contributed by atoms with Gasteiger partial charge in [-0.1, -0.05) is 32.0 Å². The Bertz CT molecular complexity index is 447. The zero-order valence-electron chi connectivity index (χ0n) is 12.7. The molecule has 3 atom stereocenters. The van der Waals surface area contributed by atoms with Gasteiger partial charge in [-0.15, -0.1) is 0 Å². The van der Waals surface area contributed by atoms with Crippen LogP contribution in [0, 0.1) is 5.41 Å². The lowest BCUT2D eigenvalue weighted by molar-refractivity contribution is -0.115. The van der Waals surface area contributed by atoms with Gasteiger partial charge in [0.2, 0.25) is 0 Å². The SMILES string of the molecule is CCOC1CC(NCC2Cc3ccccc3O2)C1(C)C. The summed E-state index contributed by atoms with van der Waals surface area (Å²) in [5.74, 6) is 1.05. The van der Waals surface area contributed by atoms with Gasteiger partial charge >= 0.3 is 0 Å². The molecule has 20 heavy (non-hydrogen) atoms. The van der Waals surface area contributed by atoms with Crippen LogP contribution in [0.5, 0.6) is 5.75 Å². The molecule has 0 saturated heterocycles. The minimum Gasteiger partial charge on any atom is -0.488 e. The molecule has 0 radical (unpaired) electrons. The molecule has 1 N–H and O–H groups in total. The third kappa shape index (κ3) is 2.45. The van der Waals surface area contributed by atoms with Crippen LogP contribution in [0.3, 0.4) is 0 Å². The van der Waals surface area contributed by atoms with Crippen molar-refractivity contribution < 1.29 is 9.47 Å². The van der Waals surface area contributed by atoms with Gasteiger partial charge in [-0.2, -0.15) is 0 Å². The van der Waals surface area contributed by atoms with Gasteiger partial charge in [-0.05, 0) is 25.0 Å². The van der Waals surface area contributed by atoms with Crippen molar-refractivity contribution >= 4 is 0 Å². The number of ether oxygens (including phenoxy) is 2. The van der Waals surface area contributed by atoms with Crippen molar-refractivity contribution in [2.75, 3.05) is 13.2 Å². The summed E-state index contributed by atoms with van der Waals surface area (Å²) < 4.78 is 11.7. The number of nitrogens with one attached hydrogen (secondary N) is 1. The van der Waals surface area contributed by atoms with Crippen LogP contribution in [-0.2, 0) is 11.2 Å². The molecule has 1 aliphatic heterocycles. The fourth-order valence-corrected chi connectivity index (χ4v) is 3.36. The predicted octanol–water partition coefficient (Wildman–Crippen LogP) is 2.78. The maximum absolute atomic E-state index is 5.97. The van der Waals surface area contributed by atoms with Crippen LogP contribution in [0.15, 0.2) is 24.3 Å². The highest BCUT2D eigenvalue weighted by atomic mass is 16.5. The number of hydrogen-bond acceptors (Lipinski definition) is 3. The Morgan fingerprint density at radius 1 is 1.35 bits per heavy atom. The molecule has 1 heterocycles. The molecule has 0 amide bonds. The molecule has 2 aliphatic rings. The molecule has 3 rings (SSSR count). The van der Waals surface area contributed by atoms with Crippen LogP contribution in [0.2, 0.25) is 0 Å². The summed E-state index contributed by atoms with van der Waals surface area (Å²) in [6.07, 6.45) is 2.80. The van der Waals surface area contributed by atoms with E-state index in [-0.39, 0.29) is 11.5 Å². The second-order valence-electron chi connectivity index (χ2n) is 6.51. The van der Waals surface area contributed by atoms with Gasteiger partial charge < -0.3 is 14.8 Å². The summed E-state index contributed by atoms with van der Waals surface area (Å²) in [5, 5.41) is 3.67. The molecule has 3 unspecified atom stereocenters. The summed E-state index contributed by atoms with van der Waals surface area (Å²) >= 11 is 0. The molecule has 1 saturated carbocycles. The lowest BCUT2D eigenvalue weighted by Gasteiger charge is -2.52. The Hall–Kier alpha value is -1.06. The number of benzene rings is 1. The van der Waals surface area contributed by atoms with E-state index in [9.17, 15) is 0 Å². The van der Waals surface area contributed by atoms with Crippen LogP contribution in [0.4, 0.5) is 0 Å². The van der Waals surface area contributed by atoms with Gasteiger partial charge in [-0.3, -0.25) is 0 Å². The van der Waals surface area contributed by atoms with Gasteiger partial charge in [0.1, 0.15) is 11.9 Å². The number of hydrogen-bond donors (Lipinski definition) is 1. The highest BCUT2D eigenvalue weighted by Crippen LogP contribution is 2.42. The summed E-state index contributed by atoms with van der Waals surface area (Å²) in [5.41, 5.74) is 1.56.